The monoisotopic (exact) mass is 461 g/mol. The summed E-state index contributed by atoms with van der Waals surface area (Å²) in [6, 6.07) is 10.5. The molecule has 1 unspecified atom stereocenters. The van der Waals surface area contributed by atoms with Crippen molar-refractivity contribution in [3.05, 3.63) is 52.4 Å². The fraction of sp³-hybridized carbons (Fsp3) is 0.429. The third kappa shape index (κ3) is 3.37. The molecule has 1 aliphatic heterocycles. The Balaban J connectivity index is 1.34. The first-order chi connectivity index (χ1) is 13.9. The Labute approximate surface area is 176 Å². The Kier molecular flexibility index (Phi) is 4.49. The van der Waals surface area contributed by atoms with Gasteiger partial charge in [-0.25, -0.2) is 8.78 Å². The topological polar surface area (TPSA) is 36.7 Å². The van der Waals surface area contributed by atoms with Crippen molar-refractivity contribution in [3.63, 3.8) is 0 Å². The predicted molar refractivity (Wildman–Crippen MR) is 113 cm³/mol. The van der Waals surface area contributed by atoms with E-state index in [1.807, 2.05) is 16.7 Å². The lowest BCUT2D eigenvalue weighted by atomic mass is 10.1. The van der Waals surface area contributed by atoms with Gasteiger partial charge in [0.25, 0.3) is 5.92 Å². The molecule has 8 heteroatoms. The van der Waals surface area contributed by atoms with Crippen molar-refractivity contribution in [2.24, 2.45) is 5.92 Å². The van der Waals surface area contributed by atoms with Gasteiger partial charge in [-0.2, -0.15) is 0 Å². The van der Waals surface area contributed by atoms with Gasteiger partial charge in [0.15, 0.2) is 5.65 Å². The average molecular weight is 462 g/mol. The van der Waals surface area contributed by atoms with Crippen LogP contribution in [0.4, 0.5) is 20.2 Å². The molecule has 0 radical (unpaired) electrons. The van der Waals surface area contributed by atoms with E-state index in [0.717, 1.165) is 36.3 Å². The SMILES string of the molecule is Cc1ccccc1N1CCN(c2ccn3c(CC4CC4(F)F)nnc3c2Br)CC1. The molecule has 0 amide bonds. The Bertz CT molecular complexity index is 1060. The second-order valence-corrected chi connectivity index (χ2v) is 8.74. The fourth-order valence-electron chi connectivity index (χ4n) is 4.16. The molecule has 3 aromatic rings. The summed E-state index contributed by atoms with van der Waals surface area (Å²) >= 11 is 3.68. The van der Waals surface area contributed by atoms with Crippen LogP contribution in [0, 0.1) is 12.8 Å². The quantitative estimate of drug-likeness (QED) is 0.579. The number of anilines is 2. The number of nitrogens with zero attached hydrogens (tertiary/aromatic N) is 5. The van der Waals surface area contributed by atoms with Crippen molar-refractivity contribution in [3.8, 4) is 0 Å². The second kappa shape index (κ2) is 6.93. The summed E-state index contributed by atoms with van der Waals surface area (Å²) in [6.07, 6.45) is 2.11. The predicted octanol–water partition coefficient (Wildman–Crippen LogP) is 4.32. The number of aryl methyl sites for hydroxylation is 1. The van der Waals surface area contributed by atoms with Crippen LogP contribution in [0.5, 0.6) is 0 Å². The van der Waals surface area contributed by atoms with Crippen LogP contribution in [0.3, 0.4) is 0 Å². The molecule has 3 heterocycles. The number of rotatable bonds is 4. The Morgan fingerprint density at radius 3 is 2.34 bits per heavy atom. The lowest BCUT2D eigenvalue weighted by molar-refractivity contribution is 0.0984. The molecule has 1 saturated heterocycles. The largest absolute Gasteiger partial charge is 0.368 e. The van der Waals surface area contributed by atoms with Gasteiger partial charge in [0, 0.05) is 56.8 Å². The minimum atomic E-state index is -2.54. The molecule has 0 N–H and O–H groups in total. The van der Waals surface area contributed by atoms with Crippen LogP contribution in [0.1, 0.15) is 17.8 Å². The van der Waals surface area contributed by atoms with Crippen LogP contribution in [0.25, 0.3) is 5.65 Å². The summed E-state index contributed by atoms with van der Waals surface area (Å²) in [7, 11) is 0. The molecule has 2 fully saturated rings. The normalized spacial score (nSPS) is 21.0. The van der Waals surface area contributed by atoms with E-state index in [-0.39, 0.29) is 12.8 Å². The van der Waals surface area contributed by atoms with Gasteiger partial charge >= 0.3 is 0 Å². The summed E-state index contributed by atoms with van der Waals surface area (Å²) in [4.78, 5) is 4.76. The van der Waals surface area contributed by atoms with Crippen LogP contribution < -0.4 is 9.80 Å². The van der Waals surface area contributed by atoms with Crippen molar-refractivity contribution in [2.75, 3.05) is 36.0 Å². The first-order valence-corrected chi connectivity index (χ1v) is 10.7. The molecule has 1 atom stereocenters. The Morgan fingerprint density at radius 2 is 1.69 bits per heavy atom. The minimum Gasteiger partial charge on any atom is -0.368 e. The van der Waals surface area contributed by atoms with E-state index in [1.54, 1.807) is 0 Å². The zero-order valence-corrected chi connectivity index (χ0v) is 17.7. The van der Waals surface area contributed by atoms with Gasteiger partial charge in [0.05, 0.1) is 10.2 Å². The molecule has 2 aliphatic rings. The molecule has 1 saturated carbocycles. The molecule has 0 bridgehead atoms. The maximum Gasteiger partial charge on any atom is 0.252 e. The Hall–Kier alpha value is -2.22. The molecule has 2 aromatic heterocycles. The van der Waals surface area contributed by atoms with Crippen molar-refractivity contribution in [1.82, 2.24) is 14.6 Å². The van der Waals surface area contributed by atoms with Crippen LogP contribution in [0.2, 0.25) is 0 Å². The van der Waals surface area contributed by atoms with Crippen LogP contribution in [-0.4, -0.2) is 46.7 Å². The third-order valence-corrected chi connectivity index (χ3v) is 6.79. The molecule has 5 rings (SSSR count). The zero-order chi connectivity index (χ0) is 20.2. The number of hydrogen-bond acceptors (Lipinski definition) is 4. The van der Waals surface area contributed by atoms with Gasteiger partial charge in [-0.1, -0.05) is 18.2 Å². The van der Waals surface area contributed by atoms with Crippen LogP contribution in [-0.2, 0) is 6.42 Å². The maximum atomic E-state index is 13.3. The van der Waals surface area contributed by atoms with Crippen LogP contribution >= 0.6 is 15.9 Å². The van der Waals surface area contributed by atoms with E-state index in [9.17, 15) is 8.78 Å². The van der Waals surface area contributed by atoms with E-state index >= 15 is 0 Å². The molecule has 1 aromatic carbocycles. The number of benzene rings is 1. The molecule has 5 nitrogen and oxygen atoms in total. The highest BCUT2D eigenvalue weighted by Crippen LogP contribution is 2.50. The molecular formula is C21H22BrF2N5. The summed E-state index contributed by atoms with van der Waals surface area (Å²) in [6.45, 7) is 5.83. The van der Waals surface area contributed by atoms with Crippen molar-refractivity contribution >= 4 is 33.0 Å². The van der Waals surface area contributed by atoms with E-state index in [2.05, 4.69) is 67.1 Å². The van der Waals surface area contributed by atoms with Crippen LogP contribution in [0.15, 0.2) is 41.0 Å². The van der Waals surface area contributed by atoms with Gasteiger partial charge in [0.1, 0.15) is 5.82 Å². The number of para-hydroxylation sites is 1. The summed E-state index contributed by atoms with van der Waals surface area (Å²) < 4.78 is 29.2. The lowest BCUT2D eigenvalue weighted by Crippen LogP contribution is -2.46. The highest BCUT2D eigenvalue weighted by atomic mass is 79.9. The van der Waals surface area contributed by atoms with Gasteiger partial charge in [-0.15, -0.1) is 10.2 Å². The molecular weight excluding hydrogens is 440 g/mol. The van der Waals surface area contributed by atoms with Gasteiger partial charge < -0.3 is 9.80 Å². The fourth-order valence-corrected chi connectivity index (χ4v) is 4.82. The molecule has 1 aliphatic carbocycles. The number of halogens is 3. The third-order valence-electron chi connectivity index (χ3n) is 6.03. The van der Waals surface area contributed by atoms with Gasteiger partial charge in [0.2, 0.25) is 0 Å². The molecule has 152 valence electrons. The van der Waals surface area contributed by atoms with Crippen molar-refractivity contribution in [1.29, 1.82) is 0 Å². The lowest BCUT2D eigenvalue weighted by Gasteiger charge is -2.38. The number of fused-ring (bicyclic) bond motifs is 1. The zero-order valence-electron chi connectivity index (χ0n) is 16.2. The van der Waals surface area contributed by atoms with E-state index < -0.39 is 11.8 Å². The van der Waals surface area contributed by atoms with Crippen molar-refractivity contribution in [2.45, 2.75) is 25.7 Å². The van der Waals surface area contributed by atoms with Gasteiger partial charge in [-0.3, -0.25) is 4.40 Å². The highest BCUT2D eigenvalue weighted by molar-refractivity contribution is 9.10. The maximum absolute atomic E-state index is 13.3. The smallest absolute Gasteiger partial charge is 0.252 e. The summed E-state index contributed by atoms with van der Waals surface area (Å²) in [5.41, 5.74) is 4.34. The number of aromatic nitrogens is 3. The standard InChI is InChI=1S/C21H22BrF2N5/c1-14-4-2-3-5-16(14)27-8-10-28(11-9-27)17-6-7-29-18(12-15-13-21(15,23)24)25-26-20(29)19(17)22/h2-7,15H,8-13H2,1H3. The summed E-state index contributed by atoms with van der Waals surface area (Å²) in [5, 5.41) is 8.43. The Morgan fingerprint density at radius 1 is 1.03 bits per heavy atom. The summed E-state index contributed by atoms with van der Waals surface area (Å²) in [5.74, 6) is -2.55. The van der Waals surface area contributed by atoms with Gasteiger partial charge in [-0.05, 0) is 40.5 Å². The molecule has 29 heavy (non-hydrogen) atoms. The van der Waals surface area contributed by atoms with E-state index in [1.165, 1.54) is 11.3 Å². The first-order valence-electron chi connectivity index (χ1n) is 9.89. The number of hydrogen-bond donors (Lipinski definition) is 0. The first kappa shape index (κ1) is 18.8. The number of pyridine rings is 1. The number of alkyl halides is 2. The highest BCUT2D eigenvalue weighted by Gasteiger charge is 2.56. The number of piperazine rings is 1. The van der Waals surface area contributed by atoms with E-state index in [0.29, 0.717) is 11.5 Å². The minimum absolute atomic E-state index is 0.0493. The van der Waals surface area contributed by atoms with Crippen molar-refractivity contribution < 1.29 is 8.78 Å². The molecule has 0 spiro atoms. The van der Waals surface area contributed by atoms with E-state index in [4.69, 9.17) is 0 Å². The second-order valence-electron chi connectivity index (χ2n) is 7.95. The average Bonchev–Trinajstić information content (AvgIpc) is 3.11.